The van der Waals surface area contributed by atoms with E-state index in [9.17, 15) is 8.42 Å². The highest BCUT2D eigenvalue weighted by molar-refractivity contribution is 7.92. The first kappa shape index (κ1) is 13.4. The zero-order valence-electron chi connectivity index (χ0n) is 9.93. The molecule has 1 N–H and O–H groups in total. The number of hydrogen-bond acceptors (Lipinski definition) is 6. The van der Waals surface area contributed by atoms with Crippen LogP contribution in [0.4, 0.5) is 5.82 Å². The fourth-order valence-electron chi connectivity index (χ4n) is 0.977. The lowest BCUT2D eigenvalue weighted by Crippen LogP contribution is -2.38. The van der Waals surface area contributed by atoms with E-state index in [2.05, 4.69) is 15.3 Å². The smallest absolute Gasteiger partial charge is 0.182 e. The molecule has 0 saturated heterocycles. The van der Waals surface area contributed by atoms with E-state index >= 15 is 0 Å². The van der Waals surface area contributed by atoms with Gasteiger partial charge in [0.05, 0.1) is 4.75 Å². The molecule has 0 saturated carbocycles. The van der Waals surface area contributed by atoms with E-state index in [0.29, 0.717) is 5.82 Å². The molecule has 1 heterocycles. The molecule has 1 aromatic rings. The maximum absolute atomic E-state index is 11.5. The Hall–Kier alpha value is -1.68. The van der Waals surface area contributed by atoms with Crippen LogP contribution in [0, 0.1) is 11.3 Å². The second kappa shape index (κ2) is 4.67. The molecule has 6 nitrogen and oxygen atoms in total. The van der Waals surface area contributed by atoms with Crippen LogP contribution in [0.1, 0.15) is 19.5 Å². The Morgan fingerprint density at radius 1 is 1.41 bits per heavy atom. The molecule has 92 valence electrons. The Kier molecular flexibility index (Phi) is 3.68. The van der Waals surface area contributed by atoms with E-state index < -0.39 is 14.6 Å². The van der Waals surface area contributed by atoms with Gasteiger partial charge in [0.15, 0.2) is 21.3 Å². The monoisotopic (exact) mass is 254 g/mol. The molecule has 1 rings (SSSR count). The van der Waals surface area contributed by atoms with Gasteiger partial charge < -0.3 is 5.32 Å². The SMILES string of the molecule is CC(C)(CNc1nccnc1C#N)S(C)(=O)=O. The Labute approximate surface area is 101 Å². The van der Waals surface area contributed by atoms with Crippen LogP contribution in [-0.4, -0.2) is 35.9 Å². The maximum Gasteiger partial charge on any atom is 0.182 e. The third kappa shape index (κ3) is 3.14. The lowest BCUT2D eigenvalue weighted by molar-refractivity contribution is 0.559. The second-order valence-electron chi connectivity index (χ2n) is 4.25. The Balaban J connectivity index is 2.86. The molecule has 0 aliphatic heterocycles. The van der Waals surface area contributed by atoms with Gasteiger partial charge in [-0.15, -0.1) is 0 Å². The molecule has 0 unspecified atom stereocenters. The minimum Gasteiger partial charge on any atom is -0.366 e. The zero-order chi connectivity index (χ0) is 13.1. The molecule has 0 spiro atoms. The summed E-state index contributed by atoms with van der Waals surface area (Å²) in [4.78, 5) is 7.77. The Bertz CT molecular complexity index is 546. The summed E-state index contributed by atoms with van der Waals surface area (Å²) in [7, 11) is -3.19. The van der Waals surface area contributed by atoms with Gasteiger partial charge in [0.2, 0.25) is 0 Å². The minimum atomic E-state index is -3.19. The van der Waals surface area contributed by atoms with Crippen LogP contribution >= 0.6 is 0 Å². The Morgan fingerprint density at radius 3 is 2.53 bits per heavy atom. The van der Waals surface area contributed by atoms with Gasteiger partial charge >= 0.3 is 0 Å². The van der Waals surface area contributed by atoms with E-state index in [-0.39, 0.29) is 12.2 Å². The third-order valence-corrected chi connectivity index (χ3v) is 4.64. The van der Waals surface area contributed by atoms with Gasteiger partial charge in [0.1, 0.15) is 6.07 Å². The molecule has 17 heavy (non-hydrogen) atoms. The van der Waals surface area contributed by atoms with Crippen LogP contribution in [-0.2, 0) is 9.84 Å². The summed E-state index contributed by atoms with van der Waals surface area (Å²) >= 11 is 0. The molecule has 0 radical (unpaired) electrons. The van der Waals surface area contributed by atoms with E-state index in [1.54, 1.807) is 13.8 Å². The molecule has 0 amide bonds. The second-order valence-corrected chi connectivity index (χ2v) is 6.90. The summed E-state index contributed by atoms with van der Waals surface area (Å²) in [6.45, 7) is 3.38. The number of hydrogen-bond donors (Lipinski definition) is 1. The molecule has 7 heteroatoms. The summed E-state index contributed by atoms with van der Waals surface area (Å²) < 4.78 is 22.0. The first-order valence-corrected chi connectivity index (χ1v) is 6.81. The normalized spacial score (nSPS) is 11.9. The highest BCUT2D eigenvalue weighted by Gasteiger charge is 2.30. The Morgan fingerprint density at radius 2 is 2.00 bits per heavy atom. The molecular weight excluding hydrogens is 240 g/mol. The van der Waals surface area contributed by atoms with Gasteiger partial charge in [0, 0.05) is 25.2 Å². The van der Waals surface area contributed by atoms with Gasteiger partial charge in [0.25, 0.3) is 0 Å². The van der Waals surface area contributed by atoms with Crippen molar-refractivity contribution in [2.45, 2.75) is 18.6 Å². The summed E-state index contributed by atoms with van der Waals surface area (Å²) in [5, 5.41) is 11.6. The molecule has 0 fully saturated rings. The molecule has 0 aliphatic carbocycles. The minimum absolute atomic E-state index is 0.150. The van der Waals surface area contributed by atoms with Gasteiger partial charge in [-0.2, -0.15) is 5.26 Å². The molecule has 0 aromatic carbocycles. The molecular formula is C10H14N4O2S. The van der Waals surface area contributed by atoms with Crippen molar-refractivity contribution in [2.75, 3.05) is 18.1 Å². The van der Waals surface area contributed by atoms with Crippen LogP contribution < -0.4 is 5.32 Å². The van der Waals surface area contributed by atoms with E-state index in [4.69, 9.17) is 5.26 Å². The first-order valence-electron chi connectivity index (χ1n) is 4.92. The van der Waals surface area contributed by atoms with E-state index in [0.717, 1.165) is 0 Å². The zero-order valence-corrected chi connectivity index (χ0v) is 10.7. The summed E-state index contributed by atoms with van der Waals surface area (Å²) in [6, 6.07) is 1.89. The van der Waals surface area contributed by atoms with Crippen LogP contribution in [0.3, 0.4) is 0 Å². The number of rotatable bonds is 4. The number of nitriles is 1. The largest absolute Gasteiger partial charge is 0.366 e. The fourth-order valence-corrected chi connectivity index (χ4v) is 1.31. The van der Waals surface area contributed by atoms with E-state index in [1.165, 1.54) is 18.6 Å². The quantitative estimate of drug-likeness (QED) is 0.844. The number of anilines is 1. The first-order chi connectivity index (χ1) is 7.78. The van der Waals surface area contributed by atoms with Gasteiger partial charge in [-0.3, -0.25) is 0 Å². The van der Waals surface area contributed by atoms with Crippen molar-refractivity contribution in [3.63, 3.8) is 0 Å². The fraction of sp³-hybridized carbons (Fsp3) is 0.500. The van der Waals surface area contributed by atoms with Crippen LogP contribution in [0.25, 0.3) is 0 Å². The van der Waals surface area contributed by atoms with Crippen molar-refractivity contribution in [1.29, 1.82) is 5.26 Å². The topological polar surface area (TPSA) is 95.7 Å². The molecule has 0 bridgehead atoms. The highest BCUT2D eigenvalue weighted by atomic mass is 32.2. The predicted octanol–water partition coefficient (Wildman–Crippen LogP) is 0.583. The summed E-state index contributed by atoms with van der Waals surface area (Å²) in [5.41, 5.74) is 0.150. The number of nitrogens with one attached hydrogen (secondary N) is 1. The third-order valence-electron chi connectivity index (χ3n) is 2.49. The average Bonchev–Trinajstić information content (AvgIpc) is 2.25. The predicted molar refractivity (Wildman–Crippen MR) is 64.2 cm³/mol. The lowest BCUT2D eigenvalue weighted by Gasteiger charge is -2.23. The van der Waals surface area contributed by atoms with Crippen LogP contribution in [0.2, 0.25) is 0 Å². The van der Waals surface area contributed by atoms with Crippen molar-refractivity contribution in [1.82, 2.24) is 9.97 Å². The van der Waals surface area contributed by atoms with Crippen molar-refractivity contribution >= 4 is 15.7 Å². The van der Waals surface area contributed by atoms with Crippen LogP contribution in [0.15, 0.2) is 12.4 Å². The van der Waals surface area contributed by atoms with E-state index in [1.807, 2.05) is 6.07 Å². The maximum atomic E-state index is 11.5. The van der Waals surface area contributed by atoms with Crippen LogP contribution in [0.5, 0.6) is 0 Å². The lowest BCUT2D eigenvalue weighted by atomic mass is 10.2. The number of nitrogens with zero attached hydrogens (tertiary/aromatic N) is 3. The summed E-state index contributed by atoms with van der Waals surface area (Å²) in [5.74, 6) is 0.298. The van der Waals surface area contributed by atoms with Crippen molar-refractivity contribution in [3.8, 4) is 6.07 Å². The van der Waals surface area contributed by atoms with Gasteiger partial charge in [-0.1, -0.05) is 0 Å². The van der Waals surface area contributed by atoms with Crippen molar-refractivity contribution < 1.29 is 8.42 Å². The van der Waals surface area contributed by atoms with Crippen molar-refractivity contribution in [2.24, 2.45) is 0 Å². The van der Waals surface area contributed by atoms with Gasteiger partial charge in [-0.25, -0.2) is 18.4 Å². The number of aromatic nitrogens is 2. The van der Waals surface area contributed by atoms with Gasteiger partial charge in [-0.05, 0) is 13.8 Å². The molecule has 0 atom stereocenters. The molecule has 1 aromatic heterocycles. The highest BCUT2D eigenvalue weighted by Crippen LogP contribution is 2.16. The van der Waals surface area contributed by atoms with Crippen molar-refractivity contribution in [3.05, 3.63) is 18.1 Å². The standard InChI is InChI=1S/C10H14N4O2S/c1-10(2,17(3,15)16)7-14-9-8(6-11)12-4-5-13-9/h4-5H,7H2,1-3H3,(H,13,14). The average molecular weight is 254 g/mol. The number of sulfone groups is 1. The summed E-state index contributed by atoms with van der Waals surface area (Å²) in [6.07, 6.45) is 4.03. The molecule has 0 aliphatic rings.